The van der Waals surface area contributed by atoms with Gasteiger partial charge >= 0.3 is 6.18 Å². The van der Waals surface area contributed by atoms with E-state index in [-0.39, 0.29) is 5.69 Å². The molecule has 0 spiro atoms. The number of hydrogen-bond acceptors (Lipinski definition) is 4. The van der Waals surface area contributed by atoms with Gasteiger partial charge in [0.05, 0.1) is 11.3 Å². The Morgan fingerprint density at radius 2 is 1.95 bits per heavy atom. The van der Waals surface area contributed by atoms with Gasteiger partial charge in [-0.2, -0.15) is 21.6 Å². The first-order chi connectivity index (χ1) is 8.54. The van der Waals surface area contributed by atoms with Crippen LogP contribution in [-0.2, 0) is 16.4 Å². The van der Waals surface area contributed by atoms with Crippen molar-refractivity contribution in [2.45, 2.75) is 6.18 Å². The monoisotopic (exact) mass is 298 g/mol. The van der Waals surface area contributed by atoms with E-state index in [2.05, 4.69) is 5.16 Å². The van der Waals surface area contributed by atoms with Crippen molar-refractivity contribution in [2.24, 2.45) is 16.0 Å². The molecule has 0 aromatic heterocycles. The molecule has 0 aliphatic heterocycles. The highest BCUT2D eigenvalue weighted by atomic mass is 32.2. The normalized spacial score (nSPS) is 13.4. The zero-order valence-corrected chi connectivity index (χ0v) is 9.96. The van der Waals surface area contributed by atoms with Gasteiger partial charge in [-0.15, -0.1) is 0 Å². The standard InChI is InChI=1S/C8H9F3N4O3S/c9-8(10,11)4-1-2-6(15-19(13,17)18)5(3-4)7(12)14-16/h1-3,15-16H,(H2,12,14)(H2,13,17,18). The molecule has 11 heteroatoms. The van der Waals surface area contributed by atoms with E-state index in [4.69, 9.17) is 16.1 Å². The molecule has 6 N–H and O–H groups in total. The van der Waals surface area contributed by atoms with Crippen molar-refractivity contribution in [1.29, 1.82) is 0 Å². The van der Waals surface area contributed by atoms with Gasteiger partial charge in [-0.3, -0.25) is 4.72 Å². The second kappa shape index (κ2) is 4.93. The van der Waals surface area contributed by atoms with E-state index in [1.54, 1.807) is 4.72 Å². The van der Waals surface area contributed by atoms with Crippen LogP contribution in [0.1, 0.15) is 11.1 Å². The summed E-state index contributed by atoms with van der Waals surface area (Å²) in [4.78, 5) is 0. The van der Waals surface area contributed by atoms with Gasteiger partial charge in [0.25, 0.3) is 10.2 Å². The molecule has 0 saturated heterocycles. The van der Waals surface area contributed by atoms with E-state index in [1.165, 1.54) is 0 Å². The number of benzene rings is 1. The molecule has 1 rings (SSSR count). The number of nitrogens with one attached hydrogen (secondary N) is 1. The largest absolute Gasteiger partial charge is 0.416 e. The third-order valence-electron chi connectivity index (χ3n) is 1.98. The number of halogens is 3. The summed E-state index contributed by atoms with van der Waals surface area (Å²) in [6.07, 6.45) is -4.66. The molecule has 0 fully saturated rings. The highest BCUT2D eigenvalue weighted by Crippen LogP contribution is 2.31. The van der Waals surface area contributed by atoms with Gasteiger partial charge in [0.15, 0.2) is 5.84 Å². The van der Waals surface area contributed by atoms with Crippen LogP contribution in [0.5, 0.6) is 0 Å². The Bertz CT molecular complexity index is 612. The SMILES string of the molecule is N/C(=N/O)c1cc(C(F)(F)F)ccc1NS(N)(=O)=O. The lowest BCUT2D eigenvalue weighted by atomic mass is 10.1. The van der Waals surface area contributed by atoms with Crippen molar-refractivity contribution in [2.75, 3.05) is 4.72 Å². The molecular weight excluding hydrogens is 289 g/mol. The van der Waals surface area contributed by atoms with Crippen LogP contribution in [-0.4, -0.2) is 19.5 Å². The third-order valence-corrected chi connectivity index (χ3v) is 2.49. The van der Waals surface area contributed by atoms with Crippen LogP contribution in [0.25, 0.3) is 0 Å². The Balaban J connectivity index is 3.42. The number of oxime groups is 1. The van der Waals surface area contributed by atoms with Crippen LogP contribution in [0.4, 0.5) is 18.9 Å². The maximum Gasteiger partial charge on any atom is 0.416 e. The molecule has 0 radical (unpaired) electrons. The lowest BCUT2D eigenvalue weighted by molar-refractivity contribution is -0.137. The molecule has 0 amide bonds. The summed E-state index contributed by atoms with van der Waals surface area (Å²) in [5, 5.41) is 15.7. The Kier molecular flexibility index (Phi) is 3.91. The smallest absolute Gasteiger partial charge is 0.409 e. The van der Waals surface area contributed by atoms with E-state index in [9.17, 15) is 21.6 Å². The molecule has 106 valence electrons. The van der Waals surface area contributed by atoms with E-state index < -0.39 is 33.3 Å². The van der Waals surface area contributed by atoms with Crippen LogP contribution >= 0.6 is 0 Å². The summed E-state index contributed by atoms with van der Waals surface area (Å²) < 4.78 is 60.9. The Morgan fingerprint density at radius 3 is 2.37 bits per heavy atom. The van der Waals surface area contributed by atoms with Crippen molar-refractivity contribution in [3.63, 3.8) is 0 Å². The fraction of sp³-hybridized carbons (Fsp3) is 0.125. The summed E-state index contributed by atoms with van der Waals surface area (Å²) >= 11 is 0. The lowest BCUT2D eigenvalue weighted by Crippen LogP contribution is -2.25. The van der Waals surface area contributed by atoms with Crippen LogP contribution in [0, 0.1) is 0 Å². The third kappa shape index (κ3) is 3.99. The first-order valence-corrected chi connectivity index (χ1v) is 6.09. The Labute approximate surface area is 105 Å². The molecule has 1 aromatic carbocycles. The van der Waals surface area contributed by atoms with E-state index >= 15 is 0 Å². The van der Waals surface area contributed by atoms with Crippen molar-refractivity contribution in [1.82, 2.24) is 0 Å². The van der Waals surface area contributed by atoms with Gasteiger partial charge in [0.2, 0.25) is 0 Å². The number of nitrogens with two attached hydrogens (primary N) is 2. The fourth-order valence-corrected chi connectivity index (χ4v) is 1.71. The van der Waals surface area contributed by atoms with Crippen LogP contribution < -0.4 is 15.6 Å². The zero-order chi connectivity index (χ0) is 14.8. The number of amidine groups is 1. The number of anilines is 1. The maximum absolute atomic E-state index is 12.5. The molecule has 0 heterocycles. The Hall–Kier alpha value is -2.01. The van der Waals surface area contributed by atoms with Gasteiger partial charge in [0, 0.05) is 5.56 Å². The van der Waals surface area contributed by atoms with E-state index in [1.807, 2.05) is 0 Å². The molecule has 0 aliphatic rings. The highest BCUT2D eigenvalue weighted by Gasteiger charge is 2.31. The Morgan fingerprint density at radius 1 is 1.37 bits per heavy atom. The second-order valence-electron chi connectivity index (χ2n) is 3.39. The van der Waals surface area contributed by atoms with Crippen molar-refractivity contribution >= 4 is 21.7 Å². The molecule has 7 nitrogen and oxygen atoms in total. The van der Waals surface area contributed by atoms with Gasteiger partial charge in [0.1, 0.15) is 0 Å². The minimum atomic E-state index is -4.66. The number of alkyl halides is 3. The molecular formula is C8H9F3N4O3S. The van der Waals surface area contributed by atoms with E-state index in [0.717, 1.165) is 6.07 Å². The summed E-state index contributed by atoms with van der Waals surface area (Å²) in [7, 11) is -4.21. The van der Waals surface area contributed by atoms with Gasteiger partial charge in [-0.1, -0.05) is 5.16 Å². The van der Waals surface area contributed by atoms with Crippen LogP contribution in [0.2, 0.25) is 0 Å². The molecule has 1 aromatic rings. The van der Waals surface area contributed by atoms with Crippen molar-refractivity contribution in [3.8, 4) is 0 Å². The summed E-state index contributed by atoms with van der Waals surface area (Å²) in [5.74, 6) is -0.697. The summed E-state index contributed by atoms with van der Waals surface area (Å²) in [6, 6.07) is 1.96. The molecule has 0 saturated carbocycles. The molecule has 0 bridgehead atoms. The maximum atomic E-state index is 12.5. The van der Waals surface area contributed by atoms with Crippen molar-refractivity contribution < 1.29 is 26.8 Å². The van der Waals surface area contributed by atoms with Crippen LogP contribution in [0.3, 0.4) is 0 Å². The van der Waals surface area contributed by atoms with E-state index in [0.29, 0.717) is 12.1 Å². The first kappa shape index (κ1) is 15.0. The van der Waals surface area contributed by atoms with Crippen molar-refractivity contribution in [3.05, 3.63) is 29.3 Å². The van der Waals surface area contributed by atoms with Gasteiger partial charge < -0.3 is 10.9 Å². The lowest BCUT2D eigenvalue weighted by Gasteiger charge is -2.13. The number of hydrogen-bond donors (Lipinski definition) is 4. The summed E-state index contributed by atoms with van der Waals surface area (Å²) in [6.45, 7) is 0. The predicted octanol–water partition coefficient (Wildman–Crippen LogP) is 0.415. The second-order valence-corrected chi connectivity index (χ2v) is 4.68. The predicted molar refractivity (Wildman–Crippen MR) is 60.7 cm³/mol. The average molecular weight is 298 g/mol. The quantitative estimate of drug-likeness (QED) is 0.278. The van der Waals surface area contributed by atoms with Crippen LogP contribution in [0.15, 0.2) is 23.4 Å². The minimum absolute atomic E-state index is 0.342. The molecule has 0 aliphatic carbocycles. The molecule has 0 unspecified atom stereocenters. The van der Waals surface area contributed by atoms with Gasteiger partial charge in [-0.05, 0) is 18.2 Å². The highest BCUT2D eigenvalue weighted by molar-refractivity contribution is 7.90. The molecule has 0 atom stereocenters. The summed E-state index contributed by atoms with van der Waals surface area (Å²) in [5.41, 5.74) is 3.30. The fourth-order valence-electron chi connectivity index (χ4n) is 1.23. The molecule has 19 heavy (non-hydrogen) atoms. The number of nitrogens with zero attached hydrogens (tertiary/aromatic N) is 1. The topological polar surface area (TPSA) is 131 Å². The average Bonchev–Trinajstić information content (AvgIpc) is 2.25. The number of rotatable bonds is 3. The van der Waals surface area contributed by atoms with Gasteiger partial charge in [-0.25, -0.2) is 5.14 Å². The minimum Gasteiger partial charge on any atom is -0.409 e. The zero-order valence-electron chi connectivity index (χ0n) is 9.14. The first-order valence-electron chi connectivity index (χ1n) is 4.54.